The van der Waals surface area contributed by atoms with Crippen LogP contribution in [0.3, 0.4) is 0 Å². The van der Waals surface area contributed by atoms with Gasteiger partial charge in [-0.1, -0.05) is 17.3 Å². The Labute approximate surface area is 128 Å². The van der Waals surface area contributed by atoms with Crippen molar-refractivity contribution in [2.45, 2.75) is 44.6 Å². The lowest BCUT2D eigenvalue weighted by atomic mass is 10.1. The molecule has 6 heteroatoms. The monoisotopic (exact) mass is 301 g/mol. The van der Waals surface area contributed by atoms with E-state index in [2.05, 4.69) is 10.1 Å². The second kappa shape index (κ2) is 6.60. The minimum atomic E-state index is -0.677. The summed E-state index contributed by atoms with van der Waals surface area (Å²) in [6, 6.07) is 8.07. The van der Waals surface area contributed by atoms with E-state index in [9.17, 15) is 4.79 Å². The third-order valence-electron chi connectivity index (χ3n) is 3.84. The summed E-state index contributed by atoms with van der Waals surface area (Å²) >= 11 is 0. The fourth-order valence-corrected chi connectivity index (χ4v) is 2.64. The van der Waals surface area contributed by atoms with Crippen molar-refractivity contribution in [1.29, 1.82) is 0 Å². The molecule has 2 N–H and O–H groups in total. The number of hydrogen-bond donors (Lipinski definition) is 1. The van der Waals surface area contributed by atoms with Crippen molar-refractivity contribution in [1.82, 2.24) is 10.1 Å². The predicted octanol–water partition coefficient (Wildman–Crippen LogP) is 2.28. The molecule has 0 spiro atoms. The van der Waals surface area contributed by atoms with Gasteiger partial charge in [0.15, 0.2) is 0 Å². The molecule has 6 nitrogen and oxygen atoms in total. The second-order valence-electron chi connectivity index (χ2n) is 5.54. The maximum Gasteiger partial charge on any atom is 0.290 e. The highest BCUT2D eigenvalue weighted by atomic mass is 16.5. The molecule has 1 saturated carbocycles. The Hall–Kier alpha value is -2.37. The number of nitrogens with zero attached hydrogens (tertiary/aromatic N) is 2. The molecule has 116 valence electrons. The van der Waals surface area contributed by atoms with Crippen LogP contribution in [0.4, 0.5) is 0 Å². The lowest BCUT2D eigenvalue weighted by Crippen LogP contribution is -2.12. The van der Waals surface area contributed by atoms with Gasteiger partial charge >= 0.3 is 0 Å². The number of benzene rings is 1. The van der Waals surface area contributed by atoms with E-state index in [4.69, 9.17) is 15.0 Å². The Morgan fingerprint density at radius 3 is 2.59 bits per heavy atom. The molecular weight excluding hydrogens is 282 g/mol. The first-order valence-electron chi connectivity index (χ1n) is 7.59. The smallest absolute Gasteiger partial charge is 0.290 e. The third-order valence-corrected chi connectivity index (χ3v) is 3.84. The number of amides is 1. The number of hydrogen-bond acceptors (Lipinski definition) is 5. The van der Waals surface area contributed by atoms with Gasteiger partial charge in [0.25, 0.3) is 11.7 Å². The predicted molar refractivity (Wildman–Crippen MR) is 79.5 cm³/mol. The molecule has 1 aliphatic rings. The lowest BCUT2D eigenvalue weighted by Gasteiger charge is -2.13. The summed E-state index contributed by atoms with van der Waals surface area (Å²) < 4.78 is 10.9. The number of rotatable bonds is 6. The maximum atomic E-state index is 10.9. The molecule has 0 radical (unpaired) electrons. The Morgan fingerprint density at radius 1 is 1.23 bits per heavy atom. The average molecular weight is 301 g/mol. The quantitative estimate of drug-likeness (QED) is 0.883. The number of aromatic nitrogens is 2. The van der Waals surface area contributed by atoms with E-state index in [-0.39, 0.29) is 5.82 Å². The molecule has 1 fully saturated rings. The van der Waals surface area contributed by atoms with E-state index in [1.54, 1.807) is 0 Å². The molecule has 0 unspecified atom stereocenters. The van der Waals surface area contributed by atoms with Gasteiger partial charge in [0, 0.05) is 6.42 Å². The van der Waals surface area contributed by atoms with Crippen LogP contribution >= 0.6 is 0 Å². The molecule has 22 heavy (non-hydrogen) atoms. The normalized spacial score (nSPS) is 15.1. The summed E-state index contributed by atoms with van der Waals surface area (Å²) in [4.78, 5) is 14.8. The van der Waals surface area contributed by atoms with E-state index < -0.39 is 5.91 Å². The third kappa shape index (κ3) is 3.63. The van der Waals surface area contributed by atoms with Crippen LogP contribution in [0.5, 0.6) is 5.75 Å². The van der Waals surface area contributed by atoms with E-state index in [1.807, 2.05) is 24.3 Å². The van der Waals surface area contributed by atoms with Gasteiger partial charge in [-0.05, 0) is 49.8 Å². The molecule has 1 aromatic heterocycles. The van der Waals surface area contributed by atoms with Crippen LogP contribution in [0.1, 0.15) is 47.8 Å². The molecule has 1 aliphatic carbocycles. The Kier molecular flexibility index (Phi) is 4.37. The van der Waals surface area contributed by atoms with E-state index in [0.29, 0.717) is 18.4 Å². The molecule has 1 heterocycles. The van der Waals surface area contributed by atoms with Gasteiger partial charge in [-0.15, -0.1) is 0 Å². The van der Waals surface area contributed by atoms with Crippen LogP contribution in [-0.4, -0.2) is 22.2 Å². The highest BCUT2D eigenvalue weighted by molar-refractivity contribution is 5.88. The van der Waals surface area contributed by atoms with Gasteiger partial charge in [-0.25, -0.2) is 0 Å². The standard InChI is InChI=1S/C16H19N3O3/c17-15(20)16-18-14(22-19-16)10-7-11-5-8-13(9-6-11)21-12-3-1-2-4-12/h5-6,8-9,12H,1-4,7,10H2,(H2,17,20). The molecule has 0 saturated heterocycles. The summed E-state index contributed by atoms with van der Waals surface area (Å²) in [6.45, 7) is 0. The molecule has 2 aromatic rings. The fraction of sp³-hybridized carbons (Fsp3) is 0.438. The summed E-state index contributed by atoms with van der Waals surface area (Å²) in [7, 11) is 0. The van der Waals surface area contributed by atoms with Crippen molar-refractivity contribution < 1.29 is 14.1 Å². The van der Waals surface area contributed by atoms with Gasteiger partial charge in [0.1, 0.15) is 5.75 Å². The van der Waals surface area contributed by atoms with E-state index in [1.165, 1.54) is 12.8 Å². The van der Waals surface area contributed by atoms with Gasteiger partial charge in [-0.3, -0.25) is 4.79 Å². The van der Waals surface area contributed by atoms with Crippen LogP contribution in [0.2, 0.25) is 0 Å². The van der Waals surface area contributed by atoms with Crippen LogP contribution in [0.15, 0.2) is 28.8 Å². The molecular formula is C16H19N3O3. The van der Waals surface area contributed by atoms with Crippen LogP contribution in [0, 0.1) is 0 Å². The number of carbonyl (C=O) groups is 1. The van der Waals surface area contributed by atoms with Crippen molar-refractivity contribution in [2.75, 3.05) is 0 Å². The fourth-order valence-electron chi connectivity index (χ4n) is 2.64. The molecule has 3 rings (SSSR count). The minimum absolute atomic E-state index is 0.0738. The number of primary amides is 1. The van der Waals surface area contributed by atoms with Crippen molar-refractivity contribution in [2.24, 2.45) is 5.73 Å². The lowest BCUT2D eigenvalue weighted by molar-refractivity contribution is 0.0987. The van der Waals surface area contributed by atoms with Crippen molar-refractivity contribution in [3.8, 4) is 5.75 Å². The highest BCUT2D eigenvalue weighted by Crippen LogP contribution is 2.24. The molecule has 1 aromatic carbocycles. The summed E-state index contributed by atoms with van der Waals surface area (Å²) in [5.41, 5.74) is 6.23. The number of aryl methyl sites for hydroxylation is 2. The number of carbonyl (C=O) groups excluding carboxylic acids is 1. The average Bonchev–Trinajstić information content (AvgIpc) is 3.18. The van der Waals surface area contributed by atoms with Crippen LogP contribution < -0.4 is 10.5 Å². The van der Waals surface area contributed by atoms with E-state index >= 15 is 0 Å². The van der Waals surface area contributed by atoms with Crippen molar-refractivity contribution in [3.05, 3.63) is 41.5 Å². The SMILES string of the molecule is NC(=O)c1noc(CCc2ccc(OC3CCCC3)cc2)n1. The highest BCUT2D eigenvalue weighted by Gasteiger charge is 2.16. The first-order chi connectivity index (χ1) is 10.7. The Morgan fingerprint density at radius 2 is 1.95 bits per heavy atom. The van der Waals surface area contributed by atoms with Gasteiger partial charge in [0.2, 0.25) is 5.89 Å². The first kappa shape index (κ1) is 14.6. The molecule has 0 atom stereocenters. The summed E-state index contributed by atoms with van der Waals surface area (Å²) in [6.07, 6.45) is 6.53. The van der Waals surface area contributed by atoms with E-state index in [0.717, 1.165) is 30.6 Å². The zero-order chi connectivity index (χ0) is 15.4. The van der Waals surface area contributed by atoms with Crippen LogP contribution in [0.25, 0.3) is 0 Å². The number of ether oxygens (including phenoxy) is 1. The molecule has 0 bridgehead atoms. The van der Waals surface area contributed by atoms with Crippen molar-refractivity contribution in [3.63, 3.8) is 0 Å². The topological polar surface area (TPSA) is 91.2 Å². The Balaban J connectivity index is 1.52. The minimum Gasteiger partial charge on any atom is -0.490 e. The summed E-state index contributed by atoms with van der Waals surface area (Å²) in [5, 5.41) is 3.52. The summed E-state index contributed by atoms with van der Waals surface area (Å²) in [5.74, 6) is 0.586. The number of nitrogens with two attached hydrogens (primary N) is 1. The maximum absolute atomic E-state index is 10.9. The zero-order valence-electron chi connectivity index (χ0n) is 12.3. The largest absolute Gasteiger partial charge is 0.490 e. The van der Waals surface area contributed by atoms with Gasteiger partial charge in [-0.2, -0.15) is 4.98 Å². The zero-order valence-corrected chi connectivity index (χ0v) is 12.3. The molecule has 0 aliphatic heterocycles. The second-order valence-corrected chi connectivity index (χ2v) is 5.54. The molecule has 1 amide bonds. The first-order valence-corrected chi connectivity index (χ1v) is 7.59. The van der Waals surface area contributed by atoms with Crippen molar-refractivity contribution >= 4 is 5.91 Å². The van der Waals surface area contributed by atoms with Gasteiger partial charge in [0.05, 0.1) is 6.10 Å². The van der Waals surface area contributed by atoms with Crippen LogP contribution in [-0.2, 0) is 12.8 Å². The Bertz CT molecular complexity index is 630. The van der Waals surface area contributed by atoms with Gasteiger partial charge < -0.3 is 15.0 Å².